The second-order valence-electron chi connectivity index (χ2n) is 7.24. The highest BCUT2D eigenvalue weighted by Gasteiger charge is 2.61. The lowest BCUT2D eigenvalue weighted by Crippen LogP contribution is -2.58. The molecule has 4 heteroatoms. The van der Waals surface area contributed by atoms with E-state index < -0.39 is 5.54 Å². The van der Waals surface area contributed by atoms with Crippen LogP contribution in [0.1, 0.15) is 54.4 Å². The molecule has 2 rings (SSSR count). The van der Waals surface area contributed by atoms with Gasteiger partial charge in [0.1, 0.15) is 5.54 Å². The van der Waals surface area contributed by atoms with Crippen LogP contribution in [0.5, 0.6) is 0 Å². The molecule has 3 amide bonds. The first-order valence-electron chi connectivity index (χ1n) is 7.89. The molecule has 0 aromatic rings. The molecule has 0 unspecified atom stereocenters. The van der Waals surface area contributed by atoms with Crippen molar-refractivity contribution < 1.29 is 9.59 Å². The summed E-state index contributed by atoms with van der Waals surface area (Å²) in [5, 5.41) is 0. The smallest absolute Gasteiger partial charge is 0.309 e. The van der Waals surface area contributed by atoms with E-state index in [1.54, 1.807) is 0 Å². The average molecular weight is 280 g/mol. The van der Waals surface area contributed by atoms with Crippen LogP contribution in [-0.2, 0) is 4.79 Å². The maximum Gasteiger partial charge on any atom is 0.327 e. The first-order valence-corrected chi connectivity index (χ1v) is 7.89. The van der Waals surface area contributed by atoms with Gasteiger partial charge in [0, 0.05) is 12.6 Å². The first kappa shape index (κ1) is 15.3. The van der Waals surface area contributed by atoms with E-state index in [1.807, 2.05) is 18.7 Å². The highest BCUT2D eigenvalue weighted by molar-refractivity contribution is 6.07. The van der Waals surface area contributed by atoms with Crippen molar-refractivity contribution in [2.45, 2.75) is 66.0 Å². The molecule has 1 aliphatic carbocycles. The third-order valence-electron chi connectivity index (χ3n) is 4.86. The Bertz CT molecular complexity index is 403. The van der Waals surface area contributed by atoms with Gasteiger partial charge in [0.15, 0.2) is 0 Å². The van der Waals surface area contributed by atoms with E-state index >= 15 is 0 Å². The number of rotatable bonds is 5. The number of carbonyl (C=O) groups is 2. The number of hydrogen-bond donors (Lipinski definition) is 0. The molecule has 0 atom stereocenters. The Morgan fingerprint density at radius 1 is 1.05 bits per heavy atom. The average Bonchev–Trinajstić information content (AvgIpc) is 3.06. The molecular weight excluding hydrogens is 252 g/mol. The van der Waals surface area contributed by atoms with Gasteiger partial charge in [-0.3, -0.25) is 9.69 Å². The maximum atomic E-state index is 13.0. The Morgan fingerprint density at radius 3 is 1.90 bits per heavy atom. The normalized spacial score (nSPS) is 22.9. The van der Waals surface area contributed by atoms with Crippen molar-refractivity contribution in [1.82, 2.24) is 9.80 Å². The molecule has 2 aliphatic rings. The summed E-state index contributed by atoms with van der Waals surface area (Å²) in [4.78, 5) is 29.2. The molecule has 1 saturated carbocycles. The zero-order chi connectivity index (χ0) is 15.2. The fourth-order valence-electron chi connectivity index (χ4n) is 3.71. The highest BCUT2D eigenvalue weighted by Crippen LogP contribution is 2.44. The fraction of sp³-hybridized carbons (Fsp3) is 0.875. The third-order valence-corrected chi connectivity index (χ3v) is 4.86. The summed E-state index contributed by atoms with van der Waals surface area (Å²) < 4.78 is 0. The largest absolute Gasteiger partial charge is 0.327 e. The van der Waals surface area contributed by atoms with Crippen molar-refractivity contribution in [2.75, 3.05) is 6.54 Å². The number of nitrogens with zero attached hydrogens (tertiary/aromatic N) is 2. The monoisotopic (exact) mass is 280 g/mol. The van der Waals surface area contributed by atoms with Gasteiger partial charge in [-0.1, -0.05) is 27.7 Å². The summed E-state index contributed by atoms with van der Waals surface area (Å²) in [5.74, 6) is 0.849. The van der Waals surface area contributed by atoms with Gasteiger partial charge in [-0.2, -0.15) is 0 Å². The predicted molar refractivity (Wildman–Crippen MR) is 79.2 cm³/mol. The lowest BCUT2D eigenvalue weighted by Gasteiger charge is -2.42. The van der Waals surface area contributed by atoms with Crippen molar-refractivity contribution in [1.29, 1.82) is 0 Å². The van der Waals surface area contributed by atoms with Gasteiger partial charge in [0.05, 0.1) is 0 Å². The van der Waals surface area contributed by atoms with Crippen LogP contribution in [-0.4, -0.2) is 39.9 Å². The summed E-state index contributed by atoms with van der Waals surface area (Å²) in [6.45, 7) is 12.8. The molecule has 0 N–H and O–H groups in total. The summed E-state index contributed by atoms with van der Waals surface area (Å²) in [7, 11) is 0. The summed E-state index contributed by atoms with van der Waals surface area (Å²) in [5.41, 5.74) is -0.663. The van der Waals surface area contributed by atoms with Crippen molar-refractivity contribution in [2.24, 2.45) is 17.8 Å². The predicted octanol–water partition coefficient (Wildman–Crippen LogP) is 3.12. The van der Waals surface area contributed by atoms with Gasteiger partial charge in [0.2, 0.25) is 0 Å². The minimum Gasteiger partial charge on any atom is -0.309 e. The Labute approximate surface area is 122 Å². The van der Waals surface area contributed by atoms with Crippen molar-refractivity contribution in [3.63, 3.8) is 0 Å². The van der Waals surface area contributed by atoms with Crippen LogP contribution in [0.2, 0.25) is 0 Å². The molecule has 0 radical (unpaired) electrons. The Balaban J connectivity index is 2.47. The number of amides is 3. The zero-order valence-electron chi connectivity index (χ0n) is 13.6. The highest BCUT2D eigenvalue weighted by atomic mass is 16.2. The van der Waals surface area contributed by atoms with Gasteiger partial charge in [-0.25, -0.2) is 4.79 Å². The van der Waals surface area contributed by atoms with Crippen molar-refractivity contribution >= 4 is 11.9 Å². The van der Waals surface area contributed by atoms with Crippen molar-refractivity contribution in [3.8, 4) is 0 Å². The van der Waals surface area contributed by atoms with Crippen LogP contribution in [0.15, 0.2) is 0 Å². The molecule has 0 bridgehead atoms. The first-order chi connectivity index (χ1) is 9.24. The molecule has 20 heavy (non-hydrogen) atoms. The Hall–Kier alpha value is -1.06. The standard InChI is InChI=1S/C16H28N2O2/c1-10(2)16(11(3)4)14(19)18(12(5)6)15(20)17(16)9-13-7-8-13/h10-13H,7-9H2,1-6H3. The topological polar surface area (TPSA) is 40.6 Å². The molecule has 1 saturated heterocycles. The van der Waals surface area contributed by atoms with Crippen LogP contribution in [0.25, 0.3) is 0 Å². The quantitative estimate of drug-likeness (QED) is 0.726. The number of carbonyl (C=O) groups excluding carboxylic acids is 2. The molecular formula is C16H28N2O2. The molecule has 0 aromatic carbocycles. The van der Waals surface area contributed by atoms with E-state index in [-0.39, 0.29) is 29.8 Å². The molecule has 0 aromatic heterocycles. The molecule has 0 spiro atoms. The second kappa shape index (κ2) is 5.05. The summed E-state index contributed by atoms with van der Waals surface area (Å²) in [6.07, 6.45) is 2.37. The Kier molecular flexibility index (Phi) is 3.87. The van der Waals surface area contributed by atoms with Gasteiger partial charge in [-0.15, -0.1) is 0 Å². The van der Waals surface area contributed by atoms with E-state index in [1.165, 1.54) is 17.7 Å². The summed E-state index contributed by atoms with van der Waals surface area (Å²) in [6, 6.07) is -0.157. The van der Waals surface area contributed by atoms with E-state index in [0.717, 1.165) is 6.54 Å². The van der Waals surface area contributed by atoms with Gasteiger partial charge >= 0.3 is 6.03 Å². The number of hydrogen-bond acceptors (Lipinski definition) is 2. The van der Waals surface area contributed by atoms with Gasteiger partial charge in [0.25, 0.3) is 5.91 Å². The minimum atomic E-state index is -0.663. The zero-order valence-corrected chi connectivity index (χ0v) is 13.6. The molecule has 114 valence electrons. The van der Waals surface area contributed by atoms with E-state index in [9.17, 15) is 9.59 Å². The lowest BCUT2D eigenvalue weighted by atomic mass is 9.75. The van der Waals surface area contributed by atoms with Crippen LogP contribution < -0.4 is 0 Å². The van der Waals surface area contributed by atoms with Gasteiger partial charge in [-0.05, 0) is 44.4 Å². The van der Waals surface area contributed by atoms with Crippen LogP contribution in [0.3, 0.4) is 0 Å². The van der Waals surface area contributed by atoms with Crippen LogP contribution in [0.4, 0.5) is 4.79 Å². The van der Waals surface area contributed by atoms with Gasteiger partial charge < -0.3 is 4.90 Å². The number of urea groups is 1. The van der Waals surface area contributed by atoms with Crippen LogP contribution >= 0.6 is 0 Å². The molecule has 1 aliphatic heterocycles. The van der Waals surface area contributed by atoms with E-state index in [4.69, 9.17) is 0 Å². The van der Waals surface area contributed by atoms with Crippen molar-refractivity contribution in [3.05, 3.63) is 0 Å². The molecule has 1 heterocycles. The number of imide groups is 1. The Morgan fingerprint density at radius 2 is 1.55 bits per heavy atom. The fourth-order valence-corrected chi connectivity index (χ4v) is 3.71. The summed E-state index contributed by atoms with van der Waals surface area (Å²) >= 11 is 0. The molecule has 4 nitrogen and oxygen atoms in total. The van der Waals surface area contributed by atoms with E-state index in [0.29, 0.717) is 5.92 Å². The third kappa shape index (κ3) is 2.04. The lowest BCUT2D eigenvalue weighted by molar-refractivity contribution is -0.139. The molecule has 2 fully saturated rings. The SMILES string of the molecule is CC(C)N1C(=O)N(CC2CC2)C(C(C)C)(C(C)C)C1=O. The minimum absolute atomic E-state index is 0.00292. The maximum absolute atomic E-state index is 13.0. The van der Waals surface area contributed by atoms with Crippen LogP contribution in [0, 0.1) is 17.8 Å². The second-order valence-corrected chi connectivity index (χ2v) is 7.24. The van der Waals surface area contributed by atoms with E-state index in [2.05, 4.69) is 27.7 Å².